The van der Waals surface area contributed by atoms with E-state index in [1.54, 1.807) is 6.07 Å². The Morgan fingerprint density at radius 2 is 2.18 bits per heavy atom. The minimum absolute atomic E-state index is 0.00583. The number of benzene rings is 1. The van der Waals surface area contributed by atoms with Crippen molar-refractivity contribution in [3.05, 3.63) is 35.4 Å². The van der Waals surface area contributed by atoms with E-state index in [4.69, 9.17) is 9.47 Å². The molecule has 28 heavy (non-hydrogen) atoms. The van der Waals surface area contributed by atoms with E-state index in [0.717, 1.165) is 12.1 Å². The summed E-state index contributed by atoms with van der Waals surface area (Å²) < 4.78 is 50.0. The van der Waals surface area contributed by atoms with Crippen LogP contribution in [-0.2, 0) is 15.7 Å². The van der Waals surface area contributed by atoms with Gasteiger partial charge in [-0.25, -0.2) is 0 Å². The fourth-order valence-corrected chi connectivity index (χ4v) is 3.25. The molecule has 1 aromatic carbocycles. The monoisotopic (exact) mass is 401 g/mol. The quantitative estimate of drug-likeness (QED) is 0.584. The fourth-order valence-electron chi connectivity index (χ4n) is 3.25. The van der Waals surface area contributed by atoms with Gasteiger partial charge in [-0.15, -0.1) is 0 Å². The van der Waals surface area contributed by atoms with E-state index in [0.29, 0.717) is 57.5 Å². The van der Waals surface area contributed by atoms with E-state index in [1.165, 1.54) is 6.07 Å². The number of morpholine rings is 1. The smallest absolute Gasteiger partial charge is 0.396 e. The Bertz CT molecular complexity index is 687. The summed E-state index contributed by atoms with van der Waals surface area (Å²) in [7, 11) is 0. The Labute approximate surface area is 162 Å². The van der Waals surface area contributed by atoms with Crippen LogP contribution in [0, 0.1) is 5.41 Å². The van der Waals surface area contributed by atoms with Crippen molar-refractivity contribution in [1.82, 2.24) is 10.2 Å². The van der Waals surface area contributed by atoms with Gasteiger partial charge in [0.25, 0.3) is 0 Å². The van der Waals surface area contributed by atoms with Crippen molar-refractivity contribution < 1.29 is 27.8 Å². The molecular formula is C19H26F3N3O3. The Balaban J connectivity index is 1.73. The zero-order valence-corrected chi connectivity index (χ0v) is 15.8. The molecule has 156 valence electrons. The Morgan fingerprint density at radius 3 is 2.79 bits per heavy atom. The number of guanidine groups is 1. The van der Waals surface area contributed by atoms with Gasteiger partial charge in [0.05, 0.1) is 50.5 Å². The summed E-state index contributed by atoms with van der Waals surface area (Å²) in [5.74, 6) is 0.669. The summed E-state index contributed by atoms with van der Waals surface area (Å²) in [6, 6.07) is 5.26. The molecule has 0 aromatic heterocycles. The van der Waals surface area contributed by atoms with Crippen LogP contribution in [0.25, 0.3) is 0 Å². The van der Waals surface area contributed by atoms with Gasteiger partial charge in [-0.1, -0.05) is 12.1 Å². The normalized spacial score (nSPS) is 22.7. The maximum atomic E-state index is 13.0. The van der Waals surface area contributed by atoms with Crippen molar-refractivity contribution >= 4 is 5.96 Å². The Hall–Kier alpha value is -1.84. The van der Waals surface area contributed by atoms with Gasteiger partial charge in [-0.2, -0.15) is 13.2 Å². The van der Waals surface area contributed by atoms with E-state index in [9.17, 15) is 18.3 Å². The molecule has 6 nitrogen and oxygen atoms in total. The van der Waals surface area contributed by atoms with E-state index >= 15 is 0 Å². The summed E-state index contributed by atoms with van der Waals surface area (Å²) in [4.78, 5) is 6.63. The third kappa shape index (κ3) is 4.76. The highest BCUT2D eigenvalue weighted by Crippen LogP contribution is 2.32. The zero-order chi connectivity index (χ0) is 20.2. The van der Waals surface area contributed by atoms with Crippen molar-refractivity contribution in [3.8, 4) is 0 Å². The van der Waals surface area contributed by atoms with E-state index in [-0.39, 0.29) is 12.0 Å². The molecule has 9 heteroatoms. The van der Waals surface area contributed by atoms with Crippen LogP contribution in [0.5, 0.6) is 0 Å². The molecule has 0 bridgehead atoms. The molecule has 0 amide bonds. The number of alkyl halides is 3. The molecule has 3 rings (SSSR count). The van der Waals surface area contributed by atoms with Crippen LogP contribution in [-0.4, -0.2) is 68.6 Å². The minimum Gasteiger partial charge on any atom is -0.396 e. The van der Waals surface area contributed by atoms with Gasteiger partial charge in [-0.05, 0) is 24.6 Å². The maximum Gasteiger partial charge on any atom is 0.416 e. The van der Waals surface area contributed by atoms with Crippen molar-refractivity contribution in [3.63, 3.8) is 0 Å². The number of hydrogen-bond donors (Lipinski definition) is 2. The number of ether oxygens (including phenoxy) is 2. The first-order valence-electron chi connectivity index (χ1n) is 9.37. The minimum atomic E-state index is -4.38. The van der Waals surface area contributed by atoms with Crippen molar-refractivity contribution in [1.29, 1.82) is 0 Å². The second kappa shape index (κ2) is 8.67. The lowest BCUT2D eigenvalue weighted by Gasteiger charge is -2.39. The lowest BCUT2D eigenvalue weighted by molar-refractivity contribution is -0.137. The van der Waals surface area contributed by atoms with Crippen molar-refractivity contribution in [2.24, 2.45) is 10.4 Å². The Morgan fingerprint density at radius 1 is 1.39 bits per heavy atom. The second-order valence-corrected chi connectivity index (χ2v) is 7.25. The SMILES string of the molecule is CCNC(=NCC1(CO)COC1)N1CCOC(c2cccc(C(F)(F)F)c2)C1. The molecule has 1 unspecified atom stereocenters. The average Bonchev–Trinajstić information content (AvgIpc) is 2.66. The molecule has 0 radical (unpaired) electrons. The highest BCUT2D eigenvalue weighted by atomic mass is 19.4. The number of nitrogens with one attached hydrogen (secondary N) is 1. The topological polar surface area (TPSA) is 66.3 Å². The fraction of sp³-hybridized carbons (Fsp3) is 0.632. The highest BCUT2D eigenvalue weighted by Gasteiger charge is 2.38. The molecule has 2 aliphatic heterocycles. The van der Waals surface area contributed by atoms with Gasteiger partial charge in [0.15, 0.2) is 5.96 Å². The van der Waals surface area contributed by atoms with Crippen LogP contribution in [0.2, 0.25) is 0 Å². The number of aliphatic imine (C=N–C) groups is 1. The van der Waals surface area contributed by atoms with Gasteiger partial charge in [0.2, 0.25) is 0 Å². The van der Waals surface area contributed by atoms with E-state index < -0.39 is 17.8 Å². The lowest BCUT2D eigenvalue weighted by atomic mass is 9.87. The number of aliphatic hydroxyl groups excluding tert-OH is 1. The summed E-state index contributed by atoms with van der Waals surface area (Å²) in [5.41, 5.74) is -0.524. The molecule has 2 fully saturated rings. The highest BCUT2D eigenvalue weighted by molar-refractivity contribution is 5.80. The van der Waals surface area contributed by atoms with Crippen molar-refractivity contribution in [2.45, 2.75) is 19.2 Å². The molecular weight excluding hydrogens is 375 g/mol. The third-order valence-corrected chi connectivity index (χ3v) is 5.00. The predicted octanol–water partition coefficient (Wildman–Crippen LogP) is 2.05. The number of aliphatic hydroxyl groups is 1. The third-order valence-electron chi connectivity index (χ3n) is 5.00. The standard InChI is InChI=1S/C19H26F3N3O3/c1-2-23-17(24-10-18(11-26)12-27-13-18)25-6-7-28-16(9-25)14-4-3-5-15(8-14)19(20,21)22/h3-5,8,16,26H,2,6-7,9-13H2,1H3,(H,23,24). The molecule has 0 saturated carbocycles. The summed E-state index contributed by atoms with van der Waals surface area (Å²) in [6.45, 7) is 5.37. The molecule has 2 heterocycles. The summed E-state index contributed by atoms with van der Waals surface area (Å²) in [5, 5.41) is 12.8. The van der Waals surface area contributed by atoms with Gasteiger partial charge >= 0.3 is 6.18 Å². The summed E-state index contributed by atoms with van der Waals surface area (Å²) >= 11 is 0. The molecule has 0 spiro atoms. The first-order chi connectivity index (χ1) is 13.4. The maximum absolute atomic E-state index is 13.0. The van der Waals surface area contributed by atoms with Crippen LogP contribution in [0.4, 0.5) is 13.2 Å². The zero-order valence-electron chi connectivity index (χ0n) is 15.8. The first kappa shape index (κ1) is 20.9. The number of rotatable bonds is 5. The van der Waals surface area contributed by atoms with Crippen LogP contribution >= 0.6 is 0 Å². The largest absolute Gasteiger partial charge is 0.416 e. The number of hydrogen-bond acceptors (Lipinski definition) is 4. The molecule has 2 N–H and O–H groups in total. The van der Waals surface area contributed by atoms with Gasteiger partial charge in [0, 0.05) is 13.1 Å². The van der Waals surface area contributed by atoms with Crippen LogP contribution in [0.1, 0.15) is 24.2 Å². The van der Waals surface area contributed by atoms with Crippen molar-refractivity contribution in [2.75, 3.05) is 52.6 Å². The molecule has 0 aliphatic carbocycles. The van der Waals surface area contributed by atoms with Crippen LogP contribution in [0.15, 0.2) is 29.3 Å². The lowest BCUT2D eigenvalue weighted by Crippen LogP contribution is -2.51. The number of halogens is 3. The number of nitrogens with zero attached hydrogens (tertiary/aromatic N) is 2. The molecule has 1 aromatic rings. The average molecular weight is 401 g/mol. The van der Waals surface area contributed by atoms with E-state index in [2.05, 4.69) is 10.3 Å². The Kier molecular flexibility index (Phi) is 6.47. The van der Waals surface area contributed by atoms with Crippen LogP contribution < -0.4 is 5.32 Å². The van der Waals surface area contributed by atoms with Gasteiger partial charge in [-0.3, -0.25) is 4.99 Å². The first-order valence-corrected chi connectivity index (χ1v) is 9.37. The van der Waals surface area contributed by atoms with Crippen LogP contribution in [0.3, 0.4) is 0 Å². The summed E-state index contributed by atoms with van der Waals surface area (Å²) in [6.07, 6.45) is -4.86. The molecule has 2 aliphatic rings. The molecule has 2 saturated heterocycles. The van der Waals surface area contributed by atoms with Gasteiger partial charge < -0.3 is 24.8 Å². The van der Waals surface area contributed by atoms with Gasteiger partial charge in [0.1, 0.15) is 6.10 Å². The molecule has 1 atom stereocenters. The second-order valence-electron chi connectivity index (χ2n) is 7.25. The van der Waals surface area contributed by atoms with E-state index in [1.807, 2.05) is 11.8 Å². The predicted molar refractivity (Wildman–Crippen MR) is 98.0 cm³/mol.